The Morgan fingerprint density at radius 2 is 1.84 bits per heavy atom. The lowest BCUT2D eigenvalue weighted by molar-refractivity contribution is -0.138. The normalized spacial score (nSPS) is 11.4. The zero-order valence-corrected chi connectivity index (χ0v) is 11.0. The number of nitrogens with zero attached hydrogens (tertiary/aromatic N) is 1. The van der Waals surface area contributed by atoms with E-state index >= 15 is 0 Å². The maximum atomic E-state index is 13.0. The highest BCUT2D eigenvalue weighted by Gasteiger charge is 2.37. The van der Waals surface area contributed by atoms with Crippen LogP contribution in [0.15, 0.2) is 47.1 Å². The molecular weight excluding hydrogens is 323 g/mol. The Balaban J connectivity index is 2.58. The topological polar surface area (TPSA) is 30.0 Å². The van der Waals surface area contributed by atoms with Crippen LogP contribution in [0.1, 0.15) is 21.6 Å². The molecule has 1 aromatic carbocycles. The molecule has 1 heterocycles. The van der Waals surface area contributed by atoms with Crippen molar-refractivity contribution in [3.05, 3.63) is 63.9 Å². The Morgan fingerprint density at radius 3 is 2.42 bits per heavy atom. The number of benzene rings is 1. The summed E-state index contributed by atoms with van der Waals surface area (Å²) in [6.45, 7) is 0. The minimum atomic E-state index is -4.61. The smallest absolute Gasteiger partial charge is 0.287 e. The molecular formula is C13H7BrF3NO. The number of hydrogen-bond donors (Lipinski definition) is 0. The number of hydrogen-bond acceptors (Lipinski definition) is 2. The van der Waals surface area contributed by atoms with Gasteiger partial charge in [0.2, 0.25) is 5.78 Å². The lowest BCUT2D eigenvalue weighted by Crippen LogP contribution is -2.15. The number of rotatable bonds is 2. The fraction of sp³-hybridized carbons (Fsp3) is 0.0769. The molecule has 2 rings (SSSR count). The van der Waals surface area contributed by atoms with E-state index in [0.29, 0.717) is 0 Å². The van der Waals surface area contributed by atoms with E-state index in [4.69, 9.17) is 0 Å². The molecule has 0 spiro atoms. The van der Waals surface area contributed by atoms with Gasteiger partial charge in [-0.25, -0.2) is 0 Å². The van der Waals surface area contributed by atoms with Crippen molar-refractivity contribution < 1.29 is 18.0 Å². The van der Waals surface area contributed by atoms with Gasteiger partial charge in [0, 0.05) is 16.2 Å². The van der Waals surface area contributed by atoms with E-state index in [1.54, 1.807) is 12.1 Å². The van der Waals surface area contributed by atoms with E-state index in [1.807, 2.05) is 0 Å². The largest absolute Gasteiger partial charge is 0.418 e. The molecule has 6 heteroatoms. The van der Waals surface area contributed by atoms with Crippen molar-refractivity contribution in [1.29, 1.82) is 0 Å². The lowest BCUT2D eigenvalue weighted by Gasteiger charge is -2.13. The first-order valence-electron chi connectivity index (χ1n) is 5.22. The number of aromatic nitrogens is 1. The van der Waals surface area contributed by atoms with Crippen molar-refractivity contribution in [2.45, 2.75) is 6.18 Å². The second-order valence-electron chi connectivity index (χ2n) is 3.70. The van der Waals surface area contributed by atoms with Gasteiger partial charge in [-0.15, -0.1) is 0 Å². The van der Waals surface area contributed by atoms with Gasteiger partial charge >= 0.3 is 6.18 Å². The van der Waals surface area contributed by atoms with E-state index in [1.165, 1.54) is 24.4 Å². The van der Waals surface area contributed by atoms with Crippen molar-refractivity contribution in [3.8, 4) is 0 Å². The SMILES string of the molecule is O=C(c1ccccn1)c1cccc(Br)c1C(F)(F)F. The first kappa shape index (κ1) is 13.7. The third-order valence-electron chi connectivity index (χ3n) is 2.44. The van der Waals surface area contributed by atoms with Gasteiger partial charge in [0.25, 0.3) is 0 Å². The molecule has 0 saturated heterocycles. The van der Waals surface area contributed by atoms with Crippen LogP contribution in [0.3, 0.4) is 0 Å². The summed E-state index contributed by atoms with van der Waals surface area (Å²) in [4.78, 5) is 15.9. The number of ketones is 1. The van der Waals surface area contributed by atoms with E-state index in [-0.39, 0.29) is 10.2 Å². The Bertz CT molecular complexity index is 611. The molecule has 0 aliphatic heterocycles. The molecule has 19 heavy (non-hydrogen) atoms. The van der Waals surface area contributed by atoms with Crippen LogP contribution in [-0.4, -0.2) is 10.8 Å². The second-order valence-corrected chi connectivity index (χ2v) is 4.56. The van der Waals surface area contributed by atoms with Crippen LogP contribution in [-0.2, 0) is 6.18 Å². The summed E-state index contributed by atoms with van der Waals surface area (Å²) in [6.07, 6.45) is -3.25. The molecule has 0 saturated carbocycles. The zero-order chi connectivity index (χ0) is 14.0. The molecule has 0 amide bonds. The fourth-order valence-corrected chi connectivity index (χ4v) is 2.23. The molecule has 0 aliphatic rings. The van der Waals surface area contributed by atoms with Gasteiger partial charge in [0.05, 0.1) is 5.56 Å². The van der Waals surface area contributed by atoms with Gasteiger partial charge in [0.15, 0.2) is 0 Å². The highest BCUT2D eigenvalue weighted by Crippen LogP contribution is 2.37. The molecule has 0 unspecified atom stereocenters. The van der Waals surface area contributed by atoms with E-state index < -0.39 is 23.1 Å². The van der Waals surface area contributed by atoms with Crippen molar-refractivity contribution >= 4 is 21.7 Å². The van der Waals surface area contributed by atoms with Crippen molar-refractivity contribution in [2.24, 2.45) is 0 Å². The summed E-state index contributed by atoms with van der Waals surface area (Å²) in [5.41, 5.74) is -1.42. The summed E-state index contributed by atoms with van der Waals surface area (Å²) in [6, 6.07) is 8.29. The third kappa shape index (κ3) is 2.84. The van der Waals surface area contributed by atoms with Gasteiger partial charge in [-0.2, -0.15) is 13.2 Å². The van der Waals surface area contributed by atoms with Crippen molar-refractivity contribution in [2.75, 3.05) is 0 Å². The number of carbonyl (C=O) groups is 1. The monoisotopic (exact) mass is 329 g/mol. The van der Waals surface area contributed by atoms with Gasteiger partial charge in [-0.3, -0.25) is 9.78 Å². The molecule has 0 aliphatic carbocycles. The average molecular weight is 330 g/mol. The van der Waals surface area contributed by atoms with Gasteiger partial charge < -0.3 is 0 Å². The summed E-state index contributed by atoms with van der Waals surface area (Å²) >= 11 is 2.83. The number of pyridine rings is 1. The molecule has 0 radical (unpaired) electrons. The summed E-state index contributed by atoms with van der Waals surface area (Å²) in [7, 11) is 0. The molecule has 0 fully saturated rings. The van der Waals surface area contributed by atoms with Gasteiger partial charge in [-0.1, -0.05) is 34.1 Å². The first-order valence-corrected chi connectivity index (χ1v) is 6.02. The van der Waals surface area contributed by atoms with Crippen LogP contribution >= 0.6 is 15.9 Å². The molecule has 0 N–H and O–H groups in total. The Hall–Kier alpha value is -1.69. The summed E-state index contributed by atoms with van der Waals surface area (Å²) in [5, 5.41) is 0. The predicted molar refractivity (Wildman–Crippen MR) is 66.8 cm³/mol. The molecule has 2 aromatic rings. The number of carbonyl (C=O) groups excluding carboxylic acids is 1. The van der Waals surface area contributed by atoms with Gasteiger partial charge in [-0.05, 0) is 18.2 Å². The maximum absolute atomic E-state index is 13.0. The molecule has 1 aromatic heterocycles. The second kappa shape index (κ2) is 5.13. The lowest BCUT2D eigenvalue weighted by atomic mass is 10.0. The molecule has 0 bridgehead atoms. The van der Waals surface area contributed by atoms with Gasteiger partial charge in [0.1, 0.15) is 5.69 Å². The summed E-state index contributed by atoms with van der Waals surface area (Å²) in [5.74, 6) is -0.755. The van der Waals surface area contributed by atoms with E-state index in [9.17, 15) is 18.0 Å². The standard InChI is InChI=1S/C13H7BrF3NO/c14-9-5-3-4-8(11(9)13(15,16)17)12(19)10-6-1-2-7-18-10/h1-7H. The number of halogens is 4. The van der Waals surface area contributed by atoms with Crippen LogP contribution in [0.2, 0.25) is 0 Å². The predicted octanol–water partition coefficient (Wildman–Crippen LogP) is 4.09. The third-order valence-corrected chi connectivity index (χ3v) is 3.10. The van der Waals surface area contributed by atoms with E-state index in [0.717, 1.165) is 6.07 Å². The number of alkyl halides is 3. The highest BCUT2D eigenvalue weighted by atomic mass is 79.9. The van der Waals surface area contributed by atoms with Crippen LogP contribution in [0, 0.1) is 0 Å². The maximum Gasteiger partial charge on any atom is 0.418 e. The Kier molecular flexibility index (Phi) is 3.71. The molecule has 98 valence electrons. The van der Waals surface area contributed by atoms with E-state index in [2.05, 4.69) is 20.9 Å². The fourth-order valence-electron chi connectivity index (χ4n) is 1.64. The highest BCUT2D eigenvalue weighted by molar-refractivity contribution is 9.10. The van der Waals surface area contributed by atoms with Crippen molar-refractivity contribution in [1.82, 2.24) is 4.98 Å². The average Bonchev–Trinajstić information content (AvgIpc) is 2.37. The zero-order valence-electron chi connectivity index (χ0n) is 9.41. The van der Waals surface area contributed by atoms with Crippen LogP contribution in [0.25, 0.3) is 0 Å². The molecule has 2 nitrogen and oxygen atoms in total. The minimum Gasteiger partial charge on any atom is -0.287 e. The van der Waals surface area contributed by atoms with Crippen LogP contribution in [0.4, 0.5) is 13.2 Å². The summed E-state index contributed by atoms with van der Waals surface area (Å²) < 4.78 is 38.8. The van der Waals surface area contributed by atoms with Crippen LogP contribution in [0.5, 0.6) is 0 Å². The van der Waals surface area contributed by atoms with Crippen molar-refractivity contribution in [3.63, 3.8) is 0 Å². The Morgan fingerprint density at radius 1 is 1.11 bits per heavy atom. The first-order chi connectivity index (χ1) is 8.91. The molecule has 0 atom stereocenters. The quantitative estimate of drug-likeness (QED) is 0.776. The minimum absolute atomic E-state index is 0.0221. The van der Waals surface area contributed by atoms with Crippen LogP contribution < -0.4 is 0 Å². The Labute approximate surface area is 115 Å².